The minimum atomic E-state index is -0.261. The number of ether oxygens (including phenoxy) is 1. The van der Waals surface area contributed by atoms with E-state index in [-0.39, 0.29) is 6.10 Å². The number of benzene rings is 2. The van der Waals surface area contributed by atoms with Crippen molar-refractivity contribution in [1.82, 2.24) is 14.8 Å². The average molecular weight is 408 g/mol. The molecule has 3 aromatic rings. The second kappa shape index (κ2) is 8.80. The summed E-state index contributed by atoms with van der Waals surface area (Å²) < 4.78 is 8.05. The van der Waals surface area contributed by atoms with Gasteiger partial charge in [-0.3, -0.25) is 0 Å². The molecule has 1 heterocycles. The van der Waals surface area contributed by atoms with E-state index in [2.05, 4.69) is 27.8 Å². The van der Waals surface area contributed by atoms with E-state index in [1.807, 2.05) is 43.3 Å². The maximum atomic E-state index is 6.18. The average Bonchev–Trinajstić information content (AvgIpc) is 3.05. The second-order valence-corrected chi connectivity index (χ2v) is 7.48. The van der Waals surface area contributed by atoms with Crippen LogP contribution in [0.4, 0.5) is 0 Å². The number of rotatable bonds is 7. The molecule has 0 fully saturated rings. The van der Waals surface area contributed by atoms with Crippen molar-refractivity contribution in [1.29, 1.82) is 0 Å². The molecule has 0 aliphatic rings. The van der Waals surface area contributed by atoms with Crippen LogP contribution in [0.15, 0.2) is 53.7 Å². The quantitative estimate of drug-likeness (QED) is 0.447. The van der Waals surface area contributed by atoms with Gasteiger partial charge < -0.3 is 9.30 Å². The first-order chi connectivity index (χ1) is 12.6. The Kier molecular flexibility index (Phi) is 6.46. The lowest BCUT2D eigenvalue weighted by atomic mass is 10.2. The molecule has 0 spiro atoms. The summed E-state index contributed by atoms with van der Waals surface area (Å²) in [6.07, 6.45) is -0.261. The smallest absolute Gasteiger partial charge is 0.191 e. The molecule has 1 aromatic heterocycles. The molecule has 0 saturated carbocycles. The molecule has 1 unspecified atom stereocenters. The van der Waals surface area contributed by atoms with E-state index >= 15 is 0 Å². The molecule has 1 atom stereocenters. The fourth-order valence-corrected chi connectivity index (χ4v) is 3.91. The van der Waals surface area contributed by atoms with Crippen molar-refractivity contribution >= 4 is 35.0 Å². The number of para-hydroxylation sites is 1. The monoisotopic (exact) mass is 407 g/mol. The van der Waals surface area contributed by atoms with Gasteiger partial charge in [0.15, 0.2) is 17.1 Å². The van der Waals surface area contributed by atoms with Crippen LogP contribution in [0, 0.1) is 0 Å². The lowest BCUT2D eigenvalue weighted by Gasteiger charge is -2.16. The molecule has 0 amide bonds. The largest absolute Gasteiger partial charge is 0.481 e. The van der Waals surface area contributed by atoms with Crippen LogP contribution in [0.1, 0.15) is 31.3 Å². The predicted molar refractivity (Wildman–Crippen MR) is 107 cm³/mol. The van der Waals surface area contributed by atoms with Gasteiger partial charge in [-0.05, 0) is 43.7 Å². The van der Waals surface area contributed by atoms with E-state index in [4.69, 9.17) is 27.9 Å². The fraction of sp³-hybridized carbons (Fsp3) is 0.263. The molecule has 7 heteroatoms. The van der Waals surface area contributed by atoms with Crippen LogP contribution in [-0.2, 0) is 12.3 Å². The van der Waals surface area contributed by atoms with Crippen LogP contribution in [0.2, 0.25) is 10.0 Å². The first-order valence-corrected chi connectivity index (χ1v) is 10.0. The van der Waals surface area contributed by atoms with Crippen molar-refractivity contribution in [3.63, 3.8) is 0 Å². The van der Waals surface area contributed by atoms with Crippen molar-refractivity contribution < 1.29 is 4.74 Å². The van der Waals surface area contributed by atoms with Gasteiger partial charge in [-0.15, -0.1) is 10.2 Å². The number of hydrogen-bond acceptors (Lipinski definition) is 4. The lowest BCUT2D eigenvalue weighted by molar-refractivity contribution is 0.210. The Morgan fingerprint density at radius 3 is 2.65 bits per heavy atom. The third-order valence-electron chi connectivity index (χ3n) is 3.82. The number of aromatic nitrogens is 3. The summed E-state index contributed by atoms with van der Waals surface area (Å²) >= 11 is 13.9. The Hall–Kier alpha value is -1.69. The van der Waals surface area contributed by atoms with Gasteiger partial charge in [-0.1, -0.05) is 59.2 Å². The van der Waals surface area contributed by atoms with E-state index in [1.165, 1.54) is 0 Å². The van der Waals surface area contributed by atoms with Crippen LogP contribution in [0.25, 0.3) is 0 Å². The molecule has 2 aromatic carbocycles. The molecular formula is C19H19Cl2N3OS. The summed E-state index contributed by atoms with van der Waals surface area (Å²) in [5.41, 5.74) is 1.15. The number of nitrogens with zero attached hydrogens (tertiary/aromatic N) is 3. The lowest BCUT2D eigenvalue weighted by Crippen LogP contribution is -2.12. The van der Waals surface area contributed by atoms with Crippen LogP contribution in [-0.4, -0.2) is 14.8 Å². The molecule has 4 nitrogen and oxygen atoms in total. The maximum absolute atomic E-state index is 6.18. The van der Waals surface area contributed by atoms with Gasteiger partial charge in [-0.25, -0.2) is 0 Å². The highest BCUT2D eigenvalue weighted by atomic mass is 35.5. The highest BCUT2D eigenvalue weighted by molar-refractivity contribution is 7.98. The van der Waals surface area contributed by atoms with Gasteiger partial charge in [0.25, 0.3) is 0 Å². The van der Waals surface area contributed by atoms with Crippen LogP contribution >= 0.6 is 35.0 Å². The molecule has 3 rings (SSSR count). The standard InChI is InChI=1S/C19H19Cl2N3OS/c1-3-24-18(13(2)25-17-10-5-4-9-16(17)21)22-23-19(24)26-12-14-7-6-8-15(20)11-14/h4-11,13H,3,12H2,1-2H3. The molecule has 0 radical (unpaired) electrons. The summed E-state index contributed by atoms with van der Waals surface area (Å²) in [4.78, 5) is 0. The summed E-state index contributed by atoms with van der Waals surface area (Å²) in [7, 11) is 0. The zero-order valence-electron chi connectivity index (χ0n) is 14.5. The SMILES string of the molecule is CCn1c(SCc2cccc(Cl)c2)nnc1C(C)Oc1ccccc1Cl. The molecule has 26 heavy (non-hydrogen) atoms. The predicted octanol–water partition coefficient (Wildman–Crippen LogP) is 6.04. The Morgan fingerprint density at radius 1 is 1.12 bits per heavy atom. The summed E-state index contributed by atoms with van der Waals surface area (Å²) in [5.74, 6) is 2.19. The third kappa shape index (κ3) is 4.53. The first kappa shape index (κ1) is 19.1. The molecule has 0 aliphatic carbocycles. The van der Waals surface area contributed by atoms with Crippen molar-refractivity contribution in [2.75, 3.05) is 0 Å². The van der Waals surface area contributed by atoms with Gasteiger partial charge in [0, 0.05) is 17.3 Å². The third-order valence-corrected chi connectivity index (χ3v) is 5.41. The number of thioether (sulfide) groups is 1. The van der Waals surface area contributed by atoms with Crippen molar-refractivity contribution in [2.24, 2.45) is 0 Å². The maximum Gasteiger partial charge on any atom is 0.191 e. The topological polar surface area (TPSA) is 39.9 Å². The summed E-state index contributed by atoms with van der Waals surface area (Å²) in [5, 5.41) is 10.9. The minimum Gasteiger partial charge on any atom is -0.481 e. The second-order valence-electron chi connectivity index (χ2n) is 5.69. The Labute approximate surface area is 167 Å². The summed E-state index contributed by atoms with van der Waals surface area (Å²) in [6.45, 7) is 4.78. The van der Waals surface area contributed by atoms with Crippen LogP contribution in [0.3, 0.4) is 0 Å². The van der Waals surface area contributed by atoms with Gasteiger partial charge >= 0.3 is 0 Å². The fourth-order valence-electron chi connectivity index (χ4n) is 2.56. The Balaban J connectivity index is 1.74. The van der Waals surface area contributed by atoms with Gasteiger partial charge in [0.1, 0.15) is 5.75 Å². The Morgan fingerprint density at radius 2 is 1.92 bits per heavy atom. The van der Waals surface area contributed by atoms with E-state index in [9.17, 15) is 0 Å². The van der Waals surface area contributed by atoms with Gasteiger partial charge in [-0.2, -0.15) is 0 Å². The van der Waals surface area contributed by atoms with Crippen LogP contribution < -0.4 is 4.74 Å². The van der Waals surface area contributed by atoms with Crippen molar-refractivity contribution in [3.8, 4) is 5.75 Å². The van der Waals surface area contributed by atoms with Gasteiger partial charge in [0.05, 0.1) is 5.02 Å². The highest BCUT2D eigenvalue weighted by Gasteiger charge is 2.19. The molecule has 0 bridgehead atoms. The number of hydrogen-bond donors (Lipinski definition) is 0. The molecule has 0 saturated heterocycles. The normalized spacial score (nSPS) is 12.2. The van der Waals surface area contributed by atoms with E-state index in [0.717, 1.165) is 33.9 Å². The minimum absolute atomic E-state index is 0.261. The zero-order chi connectivity index (χ0) is 18.5. The molecule has 0 N–H and O–H groups in total. The molecule has 0 aliphatic heterocycles. The molecule has 136 valence electrons. The number of halogens is 2. The van der Waals surface area contributed by atoms with E-state index in [0.29, 0.717) is 10.8 Å². The van der Waals surface area contributed by atoms with Crippen LogP contribution in [0.5, 0.6) is 5.75 Å². The first-order valence-electron chi connectivity index (χ1n) is 8.30. The highest BCUT2D eigenvalue weighted by Crippen LogP contribution is 2.30. The van der Waals surface area contributed by atoms with Crippen molar-refractivity contribution in [2.45, 2.75) is 37.4 Å². The Bertz CT molecular complexity index is 885. The van der Waals surface area contributed by atoms with Crippen molar-refractivity contribution in [3.05, 3.63) is 70.0 Å². The van der Waals surface area contributed by atoms with Gasteiger partial charge in [0.2, 0.25) is 0 Å². The zero-order valence-corrected chi connectivity index (χ0v) is 16.9. The van der Waals surface area contributed by atoms with E-state index in [1.54, 1.807) is 17.8 Å². The molecular weight excluding hydrogens is 389 g/mol. The van der Waals surface area contributed by atoms with E-state index < -0.39 is 0 Å². The summed E-state index contributed by atoms with van der Waals surface area (Å²) in [6, 6.07) is 15.3.